The molecule has 7 heteroatoms. The van der Waals surface area contributed by atoms with Crippen LogP contribution >= 0.6 is 0 Å². The molecule has 0 bridgehead atoms. The van der Waals surface area contributed by atoms with Gasteiger partial charge in [-0.25, -0.2) is 0 Å². The molecule has 3 N–H and O–H groups in total. The Morgan fingerprint density at radius 3 is 1.29 bits per heavy atom. The predicted octanol–water partition coefficient (Wildman–Crippen LogP) is 7.00. The molecule has 0 unspecified atom stereocenters. The van der Waals surface area contributed by atoms with Crippen LogP contribution in [0.1, 0.15) is 129 Å². The summed E-state index contributed by atoms with van der Waals surface area (Å²) in [7, 11) is 0. The van der Waals surface area contributed by atoms with E-state index < -0.39 is 17.9 Å². The summed E-state index contributed by atoms with van der Waals surface area (Å²) >= 11 is 0. The van der Waals surface area contributed by atoms with Gasteiger partial charge in [-0.05, 0) is 57.4 Å². The maximum Gasteiger partial charge on any atom is 0.303 e. The van der Waals surface area contributed by atoms with E-state index >= 15 is 0 Å². The van der Waals surface area contributed by atoms with Crippen molar-refractivity contribution in [1.29, 1.82) is 0 Å². The highest BCUT2D eigenvalue weighted by molar-refractivity contribution is 5.67. The normalized spacial score (nSPS) is 11.8. The first kappa shape index (κ1) is 33.1. The third-order valence-corrected chi connectivity index (χ3v) is 6.63. The average molecular weight is 499 g/mol. The van der Waals surface area contributed by atoms with Crippen molar-refractivity contribution in [3.05, 3.63) is 12.3 Å². The minimum atomic E-state index is -0.785. The molecule has 0 aromatic carbocycles. The van der Waals surface area contributed by atoms with Gasteiger partial charge in [-0.3, -0.25) is 18.9 Å². The van der Waals surface area contributed by atoms with Crippen LogP contribution in [0.3, 0.4) is 0 Å². The van der Waals surface area contributed by atoms with Crippen LogP contribution in [0.25, 0.3) is 0 Å². The van der Waals surface area contributed by atoms with Gasteiger partial charge in [-0.2, -0.15) is 0 Å². The number of hydrogen-bond donors (Lipinski definition) is 3. The fraction of sp³-hybridized carbons (Fsp3) is 0.821. The highest BCUT2D eigenvalue weighted by atomic mass is 16.4. The van der Waals surface area contributed by atoms with Gasteiger partial charge in [0.25, 0.3) is 0 Å². The first-order valence-electron chi connectivity index (χ1n) is 14.0. The first-order valence-corrected chi connectivity index (χ1v) is 14.0. The molecule has 0 aromatic heterocycles. The summed E-state index contributed by atoms with van der Waals surface area (Å²) in [6.45, 7) is 4.66. The number of carbonyl (C=O) groups is 3. The van der Waals surface area contributed by atoms with E-state index in [4.69, 9.17) is 15.3 Å². The van der Waals surface area contributed by atoms with Crippen LogP contribution in [0.2, 0.25) is 0 Å². The van der Waals surface area contributed by atoms with E-state index in [-0.39, 0.29) is 19.3 Å². The Balaban J connectivity index is 4.82. The Hall–Kier alpha value is -1.89. The van der Waals surface area contributed by atoms with Gasteiger partial charge < -0.3 is 15.3 Å². The predicted molar refractivity (Wildman–Crippen MR) is 140 cm³/mol. The van der Waals surface area contributed by atoms with Crippen molar-refractivity contribution in [3.8, 4) is 0 Å². The van der Waals surface area contributed by atoms with Crippen molar-refractivity contribution < 1.29 is 34.2 Å². The number of nitrogens with zero attached hydrogens (tertiary/aromatic N) is 1. The van der Waals surface area contributed by atoms with E-state index in [1.54, 1.807) is 0 Å². The molecule has 0 saturated heterocycles. The summed E-state index contributed by atoms with van der Waals surface area (Å²) in [6, 6.07) is 0. The Labute approximate surface area is 213 Å². The molecular formula is C28H52NO6+. The van der Waals surface area contributed by atoms with Gasteiger partial charge in [0.1, 0.15) is 0 Å². The van der Waals surface area contributed by atoms with Crippen LogP contribution < -0.4 is 0 Å². The van der Waals surface area contributed by atoms with Crippen molar-refractivity contribution in [2.24, 2.45) is 0 Å². The second kappa shape index (κ2) is 22.6. The molecule has 0 saturated carbocycles. The molecule has 204 valence electrons. The van der Waals surface area contributed by atoms with E-state index in [1.807, 2.05) is 0 Å². The van der Waals surface area contributed by atoms with Crippen molar-refractivity contribution in [3.63, 3.8) is 0 Å². The Morgan fingerprint density at radius 1 is 0.543 bits per heavy atom. The van der Waals surface area contributed by atoms with E-state index in [1.165, 1.54) is 51.4 Å². The third kappa shape index (κ3) is 22.3. The fourth-order valence-electron chi connectivity index (χ4n) is 4.54. The van der Waals surface area contributed by atoms with Gasteiger partial charge in [0.05, 0.1) is 25.8 Å². The Kier molecular flexibility index (Phi) is 21.3. The van der Waals surface area contributed by atoms with Gasteiger partial charge >= 0.3 is 17.9 Å². The minimum absolute atomic E-state index is 0.153. The molecule has 0 aliphatic heterocycles. The van der Waals surface area contributed by atoms with E-state index in [9.17, 15) is 14.4 Å². The second-order valence-electron chi connectivity index (χ2n) is 9.94. The molecule has 0 aromatic rings. The lowest BCUT2D eigenvalue weighted by Crippen LogP contribution is -2.45. The molecule has 35 heavy (non-hydrogen) atoms. The summed E-state index contributed by atoms with van der Waals surface area (Å²) < 4.78 is 0.691. The van der Waals surface area contributed by atoms with E-state index in [0.29, 0.717) is 23.7 Å². The number of carboxylic acids is 3. The Bertz CT molecular complexity index is 535. The number of hydrogen-bond acceptors (Lipinski definition) is 3. The zero-order valence-electron chi connectivity index (χ0n) is 22.2. The number of quaternary nitrogens is 1. The molecule has 0 amide bonds. The number of unbranched alkanes of at least 4 members (excludes halogenated alkanes) is 12. The lowest BCUT2D eigenvalue weighted by atomic mass is 10.1. The van der Waals surface area contributed by atoms with Gasteiger partial charge in [0.15, 0.2) is 0 Å². The van der Waals surface area contributed by atoms with Crippen molar-refractivity contribution in [1.82, 2.24) is 0 Å². The topological polar surface area (TPSA) is 112 Å². The SMILES string of the molecule is CCCCCCCCCCC/C=C/[N+](CCCCC(=O)O)(CCCCC(=O)O)CCCCC(=O)O. The summed E-state index contributed by atoms with van der Waals surface area (Å²) in [6.07, 6.45) is 21.8. The quantitative estimate of drug-likeness (QED) is 0.0874. The van der Waals surface area contributed by atoms with Gasteiger partial charge in [-0.15, -0.1) is 0 Å². The molecule has 0 aliphatic carbocycles. The molecule has 0 spiro atoms. The standard InChI is InChI=1S/C28H51NO6/c1-2-3-4-5-6-7-8-9-10-11-15-22-29(23-16-12-19-26(30)31,24-17-13-20-27(32)33)25-18-14-21-28(34)35/h15,22H,2-14,16-21,23-25H2,1H3,(H2-,30,31,32,33,34,35)/p+1/b22-15+. The summed E-state index contributed by atoms with van der Waals surface area (Å²) in [5, 5.41) is 26.9. The highest BCUT2D eigenvalue weighted by Crippen LogP contribution is 2.19. The van der Waals surface area contributed by atoms with Crippen molar-refractivity contribution in [2.45, 2.75) is 129 Å². The summed E-state index contributed by atoms with van der Waals surface area (Å²) in [5.74, 6) is -2.36. The molecule has 0 atom stereocenters. The Morgan fingerprint density at radius 2 is 0.914 bits per heavy atom. The number of rotatable bonds is 26. The summed E-state index contributed by atoms with van der Waals surface area (Å²) in [5.41, 5.74) is 0. The van der Waals surface area contributed by atoms with Crippen LogP contribution in [0.4, 0.5) is 0 Å². The molecule has 0 fully saturated rings. The molecule has 0 aliphatic rings. The number of allylic oxidation sites excluding steroid dienone is 1. The zero-order valence-corrected chi connectivity index (χ0v) is 22.2. The lowest BCUT2D eigenvalue weighted by Gasteiger charge is -2.35. The van der Waals surface area contributed by atoms with Crippen LogP contribution in [0.15, 0.2) is 12.3 Å². The van der Waals surface area contributed by atoms with Crippen LogP contribution in [-0.2, 0) is 14.4 Å². The van der Waals surface area contributed by atoms with Crippen LogP contribution in [0, 0.1) is 0 Å². The monoisotopic (exact) mass is 498 g/mol. The number of carboxylic acid groups (broad SMARTS) is 3. The molecular weight excluding hydrogens is 446 g/mol. The van der Waals surface area contributed by atoms with E-state index in [0.717, 1.165) is 51.7 Å². The number of aliphatic carboxylic acids is 3. The maximum atomic E-state index is 10.9. The van der Waals surface area contributed by atoms with Crippen LogP contribution in [0.5, 0.6) is 0 Å². The van der Waals surface area contributed by atoms with E-state index in [2.05, 4.69) is 19.2 Å². The lowest BCUT2D eigenvalue weighted by molar-refractivity contribution is -0.880. The van der Waals surface area contributed by atoms with Gasteiger partial charge in [-0.1, -0.05) is 58.3 Å². The largest absolute Gasteiger partial charge is 0.481 e. The average Bonchev–Trinajstić information content (AvgIpc) is 2.80. The first-order chi connectivity index (χ1) is 16.8. The maximum absolute atomic E-state index is 10.9. The molecule has 0 rings (SSSR count). The smallest absolute Gasteiger partial charge is 0.303 e. The minimum Gasteiger partial charge on any atom is -0.481 e. The third-order valence-electron chi connectivity index (χ3n) is 6.63. The highest BCUT2D eigenvalue weighted by Gasteiger charge is 2.24. The molecule has 7 nitrogen and oxygen atoms in total. The van der Waals surface area contributed by atoms with Crippen LogP contribution in [-0.4, -0.2) is 57.3 Å². The van der Waals surface area contributed by atoms with Gasteiger partial charge in [0.2, 0.25) is 0 Å². The molecule has 0 heterocycles. The zero-order chi connectivity index (χ0) is 26.2. The second-order valence-corrected chi connectivity index (χ2v) is 9.94. The summed E-state index contributed by atoms with van der Waals surface area (Å²) in [4.78, 5) is 32.8. The van der Waals surface area contributed by atoms with Crippen molar-refractivity contribution in [2.75, 3.05) is 19.6 Å². The van der Waals surface area contributed by atoms with Gasteiger partial charge in [0, 0.05) is 19.3 Å². The molecule has 0 radical (unpaired) electrons. The fourth-order valence-corrected chi connectivity index (χ4v) is 4.54. The van der Waals surface area contributed by atoms with Crippen molar-refractivity contribution >= 4 is 17.9 Å².